The quantitative estimate of drug-likeness (QED) is 0.715. The first-order valence-corrected chi connectivity index (χ1v) is 8.69. The molecule has 1 heterocycles. The number of para-hydroxylation sites is 1. The zero-order valence-electron chi connectivity index (χ0n) is 14.5. The first-order valence-electron chi connectivity index (χ1n) is 8.69. The third-order valence-electron chi connectivity index (χ3n) is 4.56. The van der Waals surface area contributed by atoms with Gasteiger partial charge >= 0.3 is 0 Å². The summed E-state index contributed by atoms with van der Waals surface area (Å²) in [6.45, 7) is 2.03. The van der Waals surface area contributed by atoms with Crippen LogP contribution >= 0.6 is 0 Å². The molecule has 0 saturated heterocycles. The molecule has 2 aromatic carbocycles. The van der Waals surface area contributed by atoms with Crippen LogP contribution in [0.4, 0.5) is 0 Å². The maximum absolute atomic E-state index is 12.7. The summed E-state index contributed by atoms with van der Waals surface area (Å²) < 4.78 is 0. The molecule has 4 rings (SSSR count). The van der Waals surface area contributed by atoms with Crippen LogP contribution in [0.2, 0.25) is 0 Å². The lowest BCUT2D eigenvalue weighted by molar-refractivity contribution is -0.123. The second-order valence-corrected chi connectivity index (χ2v) is 6.66. The molecule has 0 unspecified atom stereocenters. The van der Waals surface area contributed by atoms with E-state index in [0.717, 1.165) is 40.6 Å². The highest BCUT2D eigenvalue weighted by atomic mass is 16.2. The minimum absolute atomic E-state index is 0.0348. The number of carbonyl (C=O) groups is 2. The van der Waals surface area contributed by atoms with Gasteiger partial charge in [-0.25, -0.2) is 4.98 Å². The fourth-order valence-electron chi connectivity index (χ4n) is 2.87. The molecule has 3 aromatic rings. The van der Waals surface area contributed by atoms with Gasteiger partial charge in [0.1, 0.15) is 0 Å². The summed E-state index contributed by atoms with van der Waals surface area (Å²) in [5.41, 5.74) is 9.11. The molecule has 1 fully saturated rings. The third kappa shape index (κ3) is 3.28. The summed E-state index contributed by atoms with van der Waals surface area (Å²) in [6, 6.07) is 17.3. The molecular weight excluding hydrogens is 326 g/mol. The van der Waals surface area contributed by atoms with Crippen molar-refractivity contribution in [1.29, 1.82) is 0 Å². The topological polar surface area (TPSA) is 71.1 Å². The fraction of sp³-hybridized carbons (Fsp3) is 0.190. The highest BCUT2D eigenvalue weighted by molar-refractivity contribution is 6.07. The van der Waals surface area contributed by atoms with Crippen molar-refractivity contribution in [3.05, 3.63) is 65.7 Å². The molecule has 0 radical (unpaired) electrons. The molecule has 26 heavy (non-hydrogen) atoms. The van der Waals surface area contributed by atoms with Crippen LogP contribution in [0.3, 0.4) is 0 Å². The minimum atomic E-state index is -0.342. The van der Waals surface area contributed by atoms with Crippen LogP contribution in [0.5, 0.6) is 0 Å². The Bertz CT molecular complexity index is 992. The van der Waals surface area contributed by atoms with Crippen molar-refractivity contribution in [1.82, 2.24) is 15.8 Å². The maximum atomic E-state index is 12.7. The number of hydrazine groups is 1. The Morgan fingerprint density at radius 3 is 2.46 bits per heavy atom. The number of amides is 2. The largest absolute Gasteiger partial charge is 0.273 e. The first kappa shape index (κ1) is 16.3. The monoisotopic (exact) mass is 345 g/mol. The van der Waals surface area contributed by atoms with Gasteiger partial charge in [-0.15, -0.1) is 0 Å². The van der Waals surface area contributed by atoms with Crippen LogP contribution in [0, 0.1) is 12.8 Å². The predicted octanol–water partition coefficient (Wildman–Crippen LogP) is 3.38. The molecule has 0 bridgehead atoms. The molecule has 5 heteroatoms. The number of benzene rings is 2. The average Bonchev–Trinajstić information content (AvgIpc) is 3.51. The van der Waals surface area contributed by atoms with Crippen molar-refractivity contribution < 1.29 is 9.59 Å². The Morgan fingerprint density at radius 2 is 1.73 bits per heavy atom. The number of nitrogens with one attached hydrogen (secondary N) is 2. The van der Waals surface area contributed by atoms with Crippen LogP contribution in [0.25, 0.3) is 22.2 Å². The number of pyridine rings is 1. The summed E-state index contributed by atoms with van der Waals surface area (Å²) in [5.74, 6) is -0.436. The number of carbonyl (C=O) groups excluding carboxylic acids is 2. The Hall–Kier alpha value is -3.21. The number of aromatic nitrogens is 1. The van der Waals surface area contributed by atoms with Gasteiger partial charge in [0.05, 0.1) is 16.8 Å². The lowest BCUT2D eigenvalue weighted by atomic mass is 10.0. The van der Waals surface area contributed by atoms with E-state index in [0.29, 0.717) is 5.56 Å². The molecule has 0 aliphatic heterocycles. The molecule has 2 amide bonds. The second-order valence-electron chi connectivity index (χ2n) is 6.66. The Balaban J connectivity index is 1.70. The normalized spacial score (nSPS) is 13.4. The van der Waals surface area contributed by atoms with E-state index < -0.39 is 0 Å². The van der Waals surface area contributed by atoms with Gasteiger partial charge in [-0.1, -0.05) is 48.0 Å². The third-order valence-corrected chi connectivity index (χ3v) is 4.56. The highest BCUT2D eigenvalue weighted by Gasteiger charge is 2.30. The van der Waals surface area contributed by atoms with Gasteiger partial charge in [0.2, 0.25) is 5.91 Å². The van der Waals surface area contributed by atoms with Gasteiger partial charge in [0, 0.05) is 16.9 Å². The lowest BCUT2D eigenvalue weighted by Gasteiger charge is -2.11. The van der Waals surface area contributed by atoms with Crippen molar-refractivity contribution in [2.24, 2.45) is 5.92 Å². The second kappa shape index (κ2) is 6.59. The first-order chi connectivity index (χ1) is 12.6. The minimum Gasteiger partial charge on any atom is -0.273 e. The average molecular weight is 345 g/mol. The maximum Gasteiger partial charge on any atom is 0.270 e. The van der Waals surface area contributed by atoms with Gasteiger partial charge in [-0.2, -0.15) is 0 Å². The Morgan fingerprint density at radius 1 is 1.00 bits per heavy atom. The summed E-state index contributed by atoms with van der Waals surface area (Å²) >= 11 is 0. The molecular formula is C21H19N3O2. The number of fused-ring (bicyclic) bond motifs is 1. The Labute approximate surface area is 151 Å². The smallest absolute Gasteiger partial charge is 0.270 e. The molecule has 130 valence electrons. The van der Waals surface area contributed by atoms with Gasteiger partial charge in [-0.05, 0) is 31.9 Å². The van der Waals surface area contributed by atoms with Crippen LogP contribution < -0.4 is 10.9 Å². The zero-order valence-corrected chi connectivity index (χ0v) is 14.5. The number of rotatable bonds is 3. The molecule has 1 aliphatic carbocycles. The van der Waals surface area contributed by atoms with Crippen molar-refractivity contribution in [3.63, 3.8) is 0 Å². The van der Waals surface area contributed by atoms with Crippen molar-refractivity contribution in [3.8, 4) is 11.3 Å². The fourth-order valence-corrected chi connectivity index (χ4v) is 2.87. The van der Waals surface area contributed by atoms with Crippen LogP contribution in [0.15, 0.2) is 54.6 Å². The van der Waals surface area contributed by atoms with E-state index in [4.69, 9.17) is 0 Å². The van der Waals surface area contributed by atoms with E-state index in [-0.39, 0.29) is 17.7 Å². The Kier molecular flexibility index (Phi) is 4.13. The molecule has 2 N–H and O–H groups in total. The number of hydrogen-bond acceptors (Lipinski definition) is 3. The van der Waals surface area contributed by atoms with Gasteiger partial charge in [0.25, 0.3) is 5.91 Å². The van der Waals surface area contributed by atoms with Crippen molar-refractivity contribution in [2.75, 3.05) is 0 Å². The molecule has 1 saturated carbocycles. The van der Waals surface area contributed by atoms with Gasteiger partial charge < -0.3 is 0 Å². The van der Waals surface area contributed by atoms with Crippen LogP contribution in [0.1, 0.15) is 28.8 Å². The van der Waals surface area contributed by atoms with Crippen LogP contribution in [-0.4, -0.2) is 16.8 Å². The summed E-state index contributed by atoms with van der Waals surface area (Å²) in [5, 5.41) is 0.751. The van der Waals surface area contributed by atoms with E-state index in [9.17, 15) is 9.59 Å². The molecule has 5 nitrogen and oxygen atoms in total. The lowest BCUT2D eigenvalue weighted by Crippen LogP contribution is -2.42. The SMILES string of the molecule is Cc1ccc(-c2cc(C(=O)NNC(=O)C3CC3)c3ccccc3n2)cc1. The highest BCUT2D eigenvalue weighted by Crippen LogP contribution is 2.28. The molecule has 0 spiro atoms. The van der Waals surface area contributed by atoms with E-state index in [1.165, 1.54) is 0 Å². The van der Waals surface area contributed by atoms with Crippen molar-refractivity contribution >= 4 is 22.7 Å². The zero-order chi connectivity index (χ0) is 18.1. The summed E-state index contributed by atoms with van der Waals surface area (Å²) in [4.78, 5) is 29.2. The standard InChI is InChI=1S/C21H19N3O2/c1-13-6-8-14(9-7-13)19-12-17(16-4-2-3-5-18(16)22-19)21(26)24-23-20(25)15-10-11-15/h2-9,12,15H,10-11H2,1H3,(H,23,25)(H,24,26). The molecule has 1 aliphatic rings. The van der Waals surface area contributed by atoms with E-state index in [2.05, 4.69) is 15.8 Å². The summed E-state index contributed by atoms with van der Waals surface area (Å²) in [7, 11) is 0. The van der Waals surface area contributed by atoms with E-state index >= 15 is 0 Å². The molecule has 1 aromatic heterocycles. The number of aryl methyl sites for hydroxylation is 1. The predicted molar refractivity (Wildman–Crippen MR) is 100 cm³/mol. The van der Waals surface area contributed by atoms with Crippen LogP contribution in [-0.2, 0) is 4.79 Å². The van der Waals surface area contributed by atoms with Gasteiger partial charge in [-0.3, -0.25) is 20.4 Å². The van der Waals surface area contributed by atoms with Gasteiger partial charge in [0.15, 0.2) is 0 Å². The number of hydrogen-bond donors (Lipinski definition) is 2. The van der Waals surface area contributed by atoms with Crippen molar-refractivity contribution in [2.45, 2.75) is 19.8 Å². The van der Waals surface area contributed by atoms with E-state index in [1.54, 1.807) is 6.07 Å². The molecule has 0 atom stereocenters. The number of nitrogens with zero attached hydrogens (tertiary/aromatic N) is 1. The van der Waals surface area contributed by atoms with E-state index in [1.807, 2.05) is 55.5 Å². The summed E-state index contributed by atoms with van der Waals surface area (Å²) in [6.07, 6.45) is 1.77.